The van der Waals surface area contributed by atoms with Crippen LogP contribution in [0.15, 0.2) is 24.4 Å². The molecular weight excluding hydrogens is 234 g/mol. The van der Waals surface area contributed by atoms with E-state index in [1.807, 2.05) is 12.3 Å². The predicted octanol–water partition coefficient (Wildman–Crippen LogP) is 2.72. The van der Waals surface area contributed by atoms with Gasteiger partial charge in [0.2, 0.25) is 0 Å². The van der Waals surface area contributed by atoms with Gasteiger partial charge in [0.15, 0.2) is 0 Å². The molecule has 1 heterocycles. The van der Waals surface area contributed by atoms with Gasteiger partial charge >= 0.3 is 0 Å². The van der Waals surface area contributed by atoms with E-state index in [4.69, 9.17) is 0 Å². The average molecular weight is 263 g/mol. The number of pyridine rings is 1. The standard InChI is InChI=1S/C16H29N3/c1-5-15(6-2)18-13-14(3)19(4)12-10-16-9-7-8-11-17-16/h7-9,11,14-15,18H,5-6,10,12-13H2,1-4H3. The summed E-state index contributed by atoms with van der Waals surface area (Å²) in [6.07, 6.45) is 5.31. The lowest BCUT2D eigenvalue weighted by molar-refractivity contribution is 0.245. The summed E-state index contributed by atoms with van der Waals surface area (Å²) in [4.78, 5) is 6.78. The zero-order valence-corrected chi connectivity index (χ0v) is 12.9. The Balaban J connectivity index is 2.26. The highest BCUT2D eigenvalue weighted by atomic mass is 15.1. The van der Waals surface area contributed by atoms with Crippen molar-refractivity contribution in [2.75, 3.05) is 20.1 Å². The third kappa shape index (κ3) is 6.17. The van der Waals surface area contributed by atoms with Gasteiger partial charge in [-0.1, -0.05) is 19.9 Å². The van der Waals surface area contributed by atoms with Crippen molar-refractivity contribution in [3.63, 3.8) is 0 Å². The van der Waals surface area contributed by atoms with Crippen LogP contribution in [-0.2, 0) is 6.42 Å². The van der Waals surface area contributed by atoms with Gasteiger partial charge in [-0.3, -0.25) is 4.98 Å². The largest absolute Gasteiger partial charge is 0.312 e. The maximum absolute atomic E-state index is 4.37. The van der Waals surface area contributed by atoms with E-state index in [-0.39, 0.29) is 0 Å². The lowest BCUT2D eigenvalue weighted by Crippen LogP contribution is -2.42. The summed E-state index contributed by atoms with van der Waals surface area (Å²) in [5.74, 6) is 0. The number of aromatic nitrogens is 1. The van der Waals surface area contributed by atoms with Gasteiger partial charge < -0.3 is 10.2 Å². The summed E-state index contributed by atoms with van der Waals surface area (Å²) in [7, 11) is 2.20. The normalized spacial score (nSPS) is 13.2. The van der Waals surface area contributed by atoms with Gasteiger partial charge in [-0.25, -0.2) is 0 Å². The number of rotatable bonds is 9. The van der Waals surface area contributed by atoms with Crippen molar-refractivity contribution in [3.05, 3.63) is 30.1 Å². The molecule has 0 aliphatic carbocycles. The molecule has 1 aromatic rings. The van der Waals surface area contributed by atoms with Crippen LogP contribution in [0.3, 0.4) is 0 Å². The fourth-order valence-electron chi connectivity index (χ4n) is 2.13. The van der Waals surface area contributed by atoms with E-state index < -0.39 is 0 Å². The Kier molecular flexibility index (Phi) is 7.68. The molecule has 108 valence electrons. The Morgan fingerprint density at radius 2 is 2.00 bits per heavy atom. The molecule has 3 heteroatoms. The van der Waals surface area contributed by atoms with E-state index in [9.17, 15) is 0 Å². The Morgan fingerprint density at radius 3 is 2.58 bits per heavy atom. The number of hydrogen-bond acceptors (Lipinski definition) is 3. The van der Waals surface area contributed by atoms with Gasteiger partial charge in [0, 0.05) is 43.5 Å². The van der Waals surface area contributed by atoms with E-state index >= 15 is 0 Å². The lowest BCUT2D eigenvalue weighted by Gasteiger charge is -2.27. The molecule has 0 aliphatic heterocycles. The second kappa shape index (κ2) is 9.05. The quantitative estimate of drug-likeness (QED) is 0.742. The maximum atomic E-state index is 4.37. The van der Waals surface area contributed by atoms with Crippen LogP contribution in [0.4, 0.5) is 0 Å². The van der Waals surface area contributed by atoms with Crippen LogP contribution in [0.2, 0.25) is 0 Å². The van der Waals surface area contributed by atoms with Gasteiger partial charge in [-0.2, -0.15) is 0 Å². The second-order valence-corrected chi connectivity index (χ2v) is 5.32. The first-order valence-corrected chi connectivity index (χ1v) is 7.50. The smallest absolute Gasteiger partial charge is 0.0416 e. The van der Waals surface area contributed by atoms with Crippen molar-refractivity contribution in [2.24, 2.45) is 0 Å². The highest BCUT2D eigenvalue weighted by Gasteiger charge is 2.11. The fourth-order valence-corrected chi connectivity index (χ4v) is 2.13. The minimum atomic E-state index is 0.560. The van der Waals surface area contributed by atoms with Gasteiger partial charge in [0.25, 0.3) is 0 Å². The average Bonchev–Trinajstić information content (AvgIpc) is 2.46. The van der Waals surface area contributed by atoms with Crippen LogP contribution in [0.1, 0.15) is 39.3 Å². The molecule has 1 aromatic heterocycles. The van der Waals surface area contributed by atoms with Gasteiger partial charge in [-0.05, 0) is 38.9 Å². The lowest BCUT2D eigenvalue weighted by atomic mass is 10.1. The number of hydrogen-bond donors (Lipinski definition) is 1. The fraction of sp³-hybridized carbons (Fsp3) is 0.688. The zero-order chi connectivity index (χ0) is 14.1. The molecule has 0 fully saturated rings. The molecule has 0 bridgehead atoms. The van der Waals surface area contributed by atoms with Crippen LogP contribution in [-0.4, -0.2) is 42.1 Å². The molecule has 0 spiro atoms. The number of nitrogens with one attached hydrogen (secondary N) is 1. The van der Waals surface area contributed by atoms with E-state index in [0.717, 1.165) is 19.5 Å². The van der Waals surface area contributed by atoms with Crippen molar-refractivity contribution in [3.8, 4) is 0 Å². The molecule has 0 amide bonds. The highest BCUT2D eigenvalue weighted by Crippen LogP contribution is 2.02. The first-order chi connectivity index (χ1) is 9.17. The van der Waals surface area contributed by atoms with Crippen LogP contribution < -0.4 is 5.32 Å². The molecule has 1 unspecified atom stereocenters. The summed E-state index contributed by atoms with van der Waals surface area (Å²) in [5.41, 5.74) is 1.18. The molecule has 1 atom stereocenters. The van der Waals surface area contributed by atoms with Gasteiger partial charge in [0.05, 0.1) is 0 Å². The first-order valence-electron chi connectivity index (χ1n) is 7.50. The summed E-state index contributed by atoms with van der Waals surface area (Å²) < 4.78 is 0. The minimum Gasteiger partial charge on any atom is -0.312 e. The Bertz CT molecular complexity index is 322. The summed E-state index contributed by atoms with van der Waals surface area (Å²) in [5, 5.41) is 3.64. The monoisotopic (exact) mass is 263 g/mol. The van der Waals surface area contributed by atoms with Crippen molar-refractivity contribution >= 4 is 0 Å². The second-order valence-electron chi connectivity index (χ2n) is 5.32. The molecule has 0 radical (unpaired) electrons. The topological polar surface area (TPSA) is 28.2 Å². The molecule has 1 rings (SSSR count). The Labute approximate surface area is 118 Å². The number of nitrogens with zero attached hydrogens (tertiary/aromatic N) is 2. The van der Waals surface area contributed by atoms with E-state index in [1.165, 1.54) is 18.5 Å². The zero-order valence-electron chi connectivity index (χ0n) is 12.9. The van der Waals surface area contributed by atoms with Crippen LogP contribution in [0.5, 0.6) is 0 Å². The van der Waals surface area contributed by atoms with E-state index in [2.05, 4.69) is 55.2 Å². The highest BCUT2D eigenvalue weighted by molar-refractivity contribution is 5.03. The molecule has 1 N–H and O–H groups in total. The van der Waals surface area contributed by atoms with Crippen molar-refractivity contribution in [1.29, 1.82) is 0 Å². The predicted molar refractivity (Wildman–Crippen MR) is 82.4 cm³/mol. The minimum absolute atomic E-state index is 0.560. The molecule has 0 aliphatic rings. The van der Waals surface area contributed by atoms with Crippen molar-refractivity contribution in [2.45, 2.75) is 52.1 Å². The number of likely N-dealkylation sites (N-methyl/N-ethyl adjacent to an activating group) is 1. The molecule has 0 saturated carbocycles. The van der Waals surface area contributed by atoms with Crippen molar-refractivity contribution < 1.29 is 0 Å². The molecule has 0 saturated heterocycles. The summed E-state index contributed by atoms with van der Waals surface area (Å²) in [6.45, 7) is 8.90. The van der Waals surface area contributed by atoms with Gasteiger partial charge in [-0.15, -0.1) is 0 Å². The molecule has 0 aromatic carbocycles. The van der Waals surface area contributed by atoms with Crippen LogP contribution in [0, 0.1) is 0 Å². The third-order valence-corrected chi connectivity index (χ3v) is 3.89. The van der Waals surface area contributed by atoms with E-state index in [0.29, 0.717) is 12.1 Å². The summed E-state index contributed by atoms with van der Waals surface area (Å²) in [6, 6.07) is 7.34. The van der Waals surface area contributed by atoms with Crippen LogP contribution >= 0.6 is 0 Å². The third-order valence-electron chi connectivity index (χ3n) is 3.89. The molecule has 3 nitrogen and oxygen atoms in total. The van der Waals surface area contributed by atoms with E-state index in [1.54, 1.807) is 0 Å². The Morgan fingerprint density at radius 1 is 1.26 bits per heavy atom. The molecule has 19 heavy (non-hydrogen) atoms. The van der Waals surface area contributed by atoms with Crippen LogP contribution in [0.25, 0.3) is 0 Å². The first kappa shape index (κ1) is 16.1. The SMILES string of the molecule is CCC(CC)NCC(C)N(C)CCc1ccccn1. The summed E-state index contributed by atoms with van der Waals surface area (Å²) >= 11 is 0. The van der Waals surface area contributed by atoms with Crippen molar-refractivity contribution in [1.82, 2.24) is 15.2 Å². The van der Waals surface area contributed by atoms with Gasteiger partial charge in [0.1, 0.15) is 0 Å². The Hall–Kier alpha value is -0.930. The maximum Gasteiger partial charge on any atom is 0.0416 e. The molecular formula is C16H29N3.